The van der Waals surface area contributed by atoms with Gasteiger partial charge in [-0.25, -0.2) is 0 Å². The van der Waals surface area contributed by atoms with Crippen LogP contribution in [-0.4, -0.2) is 19.8 Å². The Morgan fingerprint density at radius 2 is 1.69 bits per heavy atom. The van der Waals surface area contributed by atoms with E-state index in [0.717, 1.165) is 0 Å². The van der Waals surface area contributed by atoms with Gasteiger partial charge in [0, 0.05) is 6.61 Å². The Balaban J connectivity index is 3.97. The molecule has 0 amide bonds. The van der Waals surface area contributed by atoms with Gasteiger partial charge in [0.05, 0.1) is 8.07 Å². The summed E-state index contributed by atoms with van der Waals surface area (Å²) in [5.41, 5.74) is 0. The molecular weight excluding hydrogens is 212 g/mol. The first-order valence-corrected chi connectivity index (χ1v) is 10.1. The van der Waals surface area contributed by atoms with Crippen LogP contribution in [0.3, 0.4) is 0 Å². The molecule has 98 valence electrons. The van der Waals surface area contributed by atoms with Crippen LogP contribution in [0.25, 0.3) is 0 Å². The van der Waals surface area contributed by atoms with Crippen molar-refractivity contribution in [3.05, 3.63) is 0 Å². The molecule has 0 aromatic carbocycles. The normalized spacial score (nSPS) is 15.2. The highest BCUT2D eigenvalue weighted by Crippen LogP contribution is 2.39. The molecule has 0 radical (unpaired) electrons. The molecule has 0 bridgehead atoms. The van der Waals surface area contributed by atoms with Crippen LogP contribution in [0.2, 0.25) is 24.2 Å². The van der Waals surface area contributed by atoms with Crippen molar-refractivity contribution < 1.29 is 5.11 Å². The summed E-state index contributed by atoms with van der Waals surface area (Å²) in [7, 11) is -1.09. The average molecular weight is 244 g/mol. The topological polar surface area (TPSA) is 20.2 Å². The van der Waals surface area contributed by atoms with Gasteiger partial charge in [0.25, 0.3) is 0 Å². The summed E-state index contributed by atoms with van der Waals surface area (Å²) in [5.74, 6) is 0.551. The monoisotopic (exact) mass is 244 g/mol. The van der Waals surface area contributed by atoms with Gasteiger partial charge in [-0.15, -0.1) is 0 Å². The van der Waals surface area contributed by atoms with Crippen LogP contribution in [0.4, 0.5) is 0 Å². The zero-order valence-corrected chi connectivity index (χ0v) is 13.3. The third kappa shape index (κ3) is 5.49. The van der Waals surface area contributed by atoms with Crippen LogP contribution in [-0.2, 0) is 0 Å². The summed E-state index contributed by atoms with van der Waals surface area (Å²) in [5, 5.41) is 9.76. The SMILES string of the molecule is CCC[C@H](CO)CCC[Si](C)(C)C(C)(C)C. The van der Waals surface area contributed by atoms with E-state index >= 15 is 0 Å². The van der Waals surface area contributed by atoms with E-state index in [9.17, 15) is 5.11 Å². The first-order valence-electron chi connectivity index (χ1n) is 6.85. The van der Waals surface area contributed by atoms with Gasteiger partial charge in [-0.3, -0.25) is 0 Å². The lowest BCUT2D eigenvalue weighted by molar-refractivity contribution is 0.209. The van der Waals surface area contributed by atoms with Crippen LogP contribution in [0.1, 0.15) is 53.4 Å². The summed E-state index contributed by atoms with van der Waals surface area (Å²) in [4.78, 5) is 0. The minimum absolute atomic E-state index is 0.380. The Hall–Kier alpha value is 0.177. The second kappa shape index (κ2) is 6.80. The fraction of sp³-hybridized carbons (Fsp3) is 1.00. The number of rotatable bonds is 7. The van der Waals surface area contributed by atoms with E-state index in [1.807, 2.05) is 0 Å². The van der Waals surface area contributed by atoms with Crippen LogP contribution in [0, 0.1) is 5.92 Å². The lowest BCUT2D eigenvalue weighted by Crippen LogP contribution is -2.36. The molecule has 0 aromatic heterocycles. The molecule has 0 aliphatic rings. The van der Waals surface area contributed by atoms with Crippen molar-refractivity contribution in [2.75, 3.05) is 6.61 Å². The lowest BCUT2D eigenvalue weighted by atomic mass is 10.00. The van der Waals surface area contributed by atoms with Gasteiger partial charge >= 0.3 is 0 Å². The van der Waals surface area contributed by atoms with E-state index in [-0.39, 0.29) is 0 Å². The third-order valence-electron chi connectivity index (χ3n) is 4.40. The second-order valence-electron chi connectivity index (χ2n) is 6.86. The molecule has 1 N–H and O–H groups in total. The van der Waals surface area contributed by atoms with E-state index in [1.165, 1.54) is 31.7 Å². The molecule has 0 aliphatic heterocycles. The van der Waals surface area contributed by atoms with Crippen molar-refractivity contribution in [1.82, 2.24) is 0 Å². The van der Waals surface area contributed by atoms with E-state index < -0.39 is 8.07 Å². The van der Waals surface area contributed by atoms with E-state index in [4.69, 9.17) is 0 Å². The Labute approximate surface area is 104 Å². The zero-order chi connectivity index (χ0) is 12.8. The smallest absolute Gasteiger partial charge is 0.0527 e. The molecule has 0 spiro atoms. The predicted octanol–water partition coefficient (Wildman–Crippen LogP) is 4.68. The molecule has 2 heteroatoms. The highest BCUT2D eigenvalue weighted by Gasteiger charge is 2.34. The van der Waals surface area contributed by atoms with Crippen molar-refractivity contribution in [3.63, 3.8) is 0 Å². The Bertz CT molecular complexity index is 182. The summed E-state index contributed by atoms with van der Waals surface area (Å²) in [6.07, 6.45) is 4.91. The van der Waals surface area contributed by atoms with Gasteiger partial charge in [0.15, 0.2) is 0 Å². The maximum Gasteiger partial charge on any atom is 0.0527 e. The molecule has 1 nitrogen and oxygen atoms in total. The number of aliphatic hydroxyl groups is 1. The van der Waals surface area contributed by atoms with E-state index in [2.05, 4.69) is 40.8 Å². The van der Waals surface area contributed by atoms with Gasteiger partial charge in [-0.1, -0.05) is 59.7 Å². The molecule has 16 heavy (non-hydrogen) atoms. The van der Waals surface area contributed by atoms with Crippen LogP contribution in [0.15, 0.2) is 0 Å². The summed E-state index contributed by atoms with van der Waals surface area (Å²) < 4.78 is 0. The van der Waals surface area contributed by atoms with Gasteiger partial charge in [0.2, 0.25) is 0 Å². The molecule has 0 rings (SSSR count). The quantitative estimate of drug-likeness (QED) is 0.645. The molecule has 0 saturated heterocycles. The number of hydrogen-bond acceptors (Lipinski definition) is 1. The lowest BCUT2D eigenvalue weighted by Gasteiger charge is -2.37. The molecule has 0 saturated carbocycles. The maximum absolute atomic E-state index is 9.26. The Morgan fingerprint density at radius 1 is 1.12 bits per heavy atom. The van der Waals surface area contributed by atoms with Crippen LogP contribution < -0.4 is 0 Å². The fourth-order valence-electron chi connectivity index (χ4n) is 1.94. The molecule has 0 fully saturated rings. The first-order chi connectivity index (χ1) is 7.24. The highest BCUT2D eigenvalue weighted by atomic mass is 28.3. The number of aliphatic hydroxyl groups excluding tert-OH is 1. The predicted molar refractivity (Wildman–Crippen MR) is 76.7 cm³/mol. The van der Waals surface area contributed by atoms with Crippen LogP contribution in [0.5, 0.6) is 0 Å². The summed E-state index contributed by atoms with van der Waals surface area (Å²) in [6.45, 7) is 14.7. The summed E-state index contributed by atoms with van der Waals surface area (Å²) >= 11 is 0. The van der Waals surface area contributed by atoms with Crippen LogP contribution >= 0.6 is 0 Å². The molecule has 0 heterocycles. The van der Waals surface area contributed by atoms with Gasteiger partial charge in [-0.2, -0.15) is 0 Å². The molecule has 0 unspecified atom stereocenters. The van der Waals surface area contributed by atoms with Crippen molar-refractivity contribution in [1.29, 1.82) is 0 Å². The van der Waals surface area contributed by atoms with Gasteiger partial charge < -0.3 is 5.11 Å². The number of hydrogen-bond donors (Lipinski definition) is 1. The molecular formula is C14H32OSi. The molecule has 0 aromatic rings. The fourth-order valence-corrected chi connectivity index (χ4v) is 3.78. The van der Waals surface area contributed by atoms with Crippen molar-refractivity contribution >= 4 is 8.07 Å². The van der Waals surface area contributed by atoms with Crippen molar-refractivity contribution in [2.45, 2.75) is 77.6 Å². The average Bonchev–Trinajstić information content (AvgIpc) is 2.14. The third-order valence-corrected chi connectivity index (χ3v) is 10.1. The maximum atomic E-state index is 9.26. The van der Waals surface area contributed by atoms with Crippen molar-refractivity contribution in [3.8, 4) is 0 Å². The minimum atomic E-state index is -1.09. The van der Waals surface area contributed by atoms with Gasteiger partial charge in [0.1, 0.15) is 0 Å². The van der Waals surface area contributed by atoms with E-state index in [0.29, 0.717) is 17.6 Å². The second-order valence-corrected chi connectivity index (χ2v) is 12.6. The highest BCUT2D eigenvalue weighted by molar-refractivity contribution is 6.80. The summed E-state index contributed by atoms with van der Waals surface area (Å²) in [6, 6.07) is 1.40. The largest absolute Gasteiger partial charge is 0.396 e. The first kappa shape index (κ1) is 16.2. The van der Waals surface area contributed by atoms with Crippen molar-refractivity contribution in [2.24, 2.45) is 5.92 Å². The molecule has 1 atom stereocenters. The standard InChI is InChI=1S/C14H32OSi/c1-7-9-13(12-15)10-8-11-16(5,6)14(2,3)4/h13,15H,7-12H2,1-6H3/t13-/m0/s1. The van der Waals surface area contributed by atoms with E-state index in [1.54, 1.807) is 0 Å². The van der Waals surface area contributed by atoms with Gasteiger partial charge in [-0.05, 0) is 23.8 Å². The minimum Gasteiger partial charge on any atom is -0.396 e. The zero-order valence-electron chi connectivity index (χ0n) is 12.3. The Kier molecular flexibility index (Phi) is 6.88. The Morgan fingerprint density at radius 3 is 2.06 bits per heavy atom. The molecule has 0 aliphatic carbocycles.